The van der Waals surface area contributed by atoms with Crippen LogP contribution in [0.25, 0.3) is 0 Å². The van der Waals surface area contributed by atoms with Gasteiger partial charge in [-0.05, 0) is 67.3 Å². The summed E-state index contributed by atoms with van der Waals surface area (Å²) in [7, 11) is 0. The molecule has 9 atom stereocenters. The van der Waals surface area contributed by atoms with Crippen molar-refractivity contribution >= 4 is 11.8 Å². The fraction of sp³-hybridized carbons (Fsp3) is 0.792. The molecule has 0 aromatic heterocycles. The molecule has 30 heavy (non-hydrogen) atoms. The second-order valence-electron chi connectivity index (χ2n) is 11.4. The molecule has 6 rings (SSSR count). The van der Waals surface area contributed by atoms with Crippen LogP contribution in [0.4, 0.5) is 0 Å². The largest absolute Gasteiger partial charge is 0.458 e. The van der Waals surface area contributed by atoms with Crippen molar-refractivity contribution in [3.8, 4) is 6.07 Å². The summed E-state index contributed by atoms with van der Waals surface area (Å²) in [5.74, 6) is -0.352. The van der Waals surface area contributed by atoms with Crippen molar-refractivity contribution in [3.63, 3.8) is 0 Å². The molecule has 0 amide bonds. The first-order chi connectivity index (χ1) is 14.1. The summed E-state index contributed by atoms with van der Waals surface area (Å²) >= 11 is 0. The Bertz CT molecular complexity index is 967. The number of rotatable bonds is 0. The second kappa shape index (κ2) is 5.30. The van der Waals surface area contributed by atoms with Gasteiger partial charge in [0.05, 0.1) is 23.5 Å². The van der Waals surface area contributed by atoms with Crippen molar-refractivity contribution in [1.29, 1.82) is 5.26 Å². The number of aliphatic hydroxyl groups is 1. The molecule has 0 aromatic rings. The van der Waals surface area contributed by atoms with Crippen LogP contribution in [-0.4, -0.2) is 28.6 Å². The molecule has 5 aliphatic carbocycles. The van der Waals surface area contributed by atoms with Crippen molar-refractivity contribution in [2.45, 2.75) is 76.9 Å². The zero-order chi connectivity index (χ0) is 21.3. The minimum Gasteiger partial charge on any atom is -0.458 e. The van der Waals surface area contributed by atoms with E-state index in [0.29, 0.717) is 37.8 Å². The lowest BCUT2D eigenvalue weighted by Gasteiger charge is -2.63. The summed E-state index contributed by atoms with van der Waals surface area (Å²) in [6.07, 6.45) is 4.52. The molecule has 1 spiro atoms. The van der Waals surface area contributed by atoms with Gasteiger partial charge >= 0.3 is 5.97 Å². The average Bonchev–Trinajstić information content (AvgIpc) is 3.31. The molecule has 1 heterocycles. The van der Waals surface area contributed by atoms with Gasteiger partial charge in [-0.1, -0.05) is 13.8 Å². The van der Waals surface area contributed by atoms with Crippen molar-refractivity contribution in [3.05, 3.63) is 11.3 Å². The molecule has 7 unspecified atom stereocenters. The maximum Gasteiger partial charge on any atom is 0.306 e. The van der Waals surface area contributed by atoms with E-state index in [1.165, 1.54) is 0 Å². The molecular formula is C24H30N2O4. The molecule has 6 nitrogen and oxygen atoms in total. The van der Waals surface area contributed by atoms with Gasteiger partial charge in [0.15, 0.2) is 0 Å². The van der Waals surface area contributed by atoms with Gasteiger partial charge in [0, 0.05) is 24.0 Å². The monoisotopic (exact) mass is 410 g/mol. The molecule has 3 N–H and O–H groups in total. The molecule has 1 saturated heterocycles. The van der Waals surface area contributed by atoms with E-state index in [2.05, 4.69) is 19.9 Å². The van der Waals surface area contributed by atoms with Crippen molar-refractivity contribution in [2.75, 3.05) is 0 Å². The van der Waals surface area contributed by atoms with Crippen LogP contribution in [0.1, 0.15) is 65.2 Å². The van der Waals surface area contributed by atoms with Crippen LogP contribution in [-0.2, 0) is 14.3 Å². The summed E-state index contributed by atoms with van der Waals surface area (Å²) in [4.78, 5) is 25.0. The normalized spacial score (nSPS) is 56.0. The fourth-order valence-corrected chi connectivity index (χ4v) is 9.47. The van der Waals surface area contributed by atoms with Crippen LogP contribution < -0.4 is 5.73 Å². The van der Waals surface area contributed by atoms with Crippen LogP contribution in [0.5, 0.6) is 0 Å². The number of carbonyl (C=O) groups excluding carboxylic acids is 2. The summed E-state index contributed by atoms with van der Waals surface area (Å²) in [5, 5.41) is 22.0. The zero-order valence-electron chi connectivity index (χ0n) is 17.7. The molecule has 2 bridgehead atoms. The summed E-state index contributed by atoms with van der Waals surface area (Å²) < 4.78 is 5.98. The molecule has 6 aliphatic rings. The van der Waals surface area contributed by atoms with Crippen LogP contribution in [0.2, 0.25) is 0 Å². The quantitative estimate of drug-likeness (QED) is 0.594. The number of nitrogens with zero attached hydrogens (tertiary/aromatic N) is 1. The van der Waals surface area contributed by atoms with E-state index < -0.39 is 28.5 Å². The van der Waals surface area contributed by atoms with E-state index in [4.69, 9.17) is 10.5 Å². The number of carbonyl (C=O) groups is 2. The Morgan fingerprint density at radius 2 is 1.93 bits per heavy atom. The predicted molar refractivity (Wildman–Crippen MR) is 106 cm³/mol. The van der Waals surface area contributed by atoms with Gasteiger partial charge in [-0.3, -0.25) is 9.59 Å². The van der Waals surface area contributed by atoms with Crippen molar-refractivity contribution < 1.29 is 19.4 Å². The number of ketones is 1. The summed E-state index contributed by atoms with van der Waals surface area (Å²) in [6, 6.07) is 2.57. The minimum absolute atomic E-state index is 0.0554. The van der Waals surface area contributed by atoms with E-state index in [-0.39, 0.29) is 34.9 Å². The lowest BCUT2D eigenvalue weighted by Crippen LogP contribution is -2.64. The van der Waals surface area contributed by atoms with E-state index in [9.17, 15) is 20.0 Å². The van der Waals surface area contributed by atoms with Crippen LogP contribution in [0, 0.1) is 51.2 Å². The van der Waals surface area contributed by atoms with Crippen LogP contribution in [0.3, 0.4) is 0 Å². The molecular weight excluding hydrogens is 380 g/mol. The van der Waals surface area contributed by atoms with Gasteiger partial charge in [0.1, 0.15) is 11.4 Å². The molecule has 1 aliphatic heterocycles. The first-order valence-electron chi connectivity index (χ1n) is 11.5. The number of hydrogen-bond donors (Lipinski definition) is 2. The molecule has 0 radical (unpaired) electrons. The molecule has 6 heteroatoms. The van der Waals surface area contributed by atoms with Crippen molar-refractivity contribution in [2.24, 2.45) is 45.7 Å². The Labute approximate surface area is 176 Å². The SMILES string of the molecule is C[C@]12CC(O)C3C(C4=C(N)C5C(=O)CC[C@@]3(C)C5(C#N)C4)C1CCC21CCC(=O)O1. The number of allylic oxidation sites excluding steroid dienone is 2. The maximum atomic E-state index is 12.9. The third kappa shape index (κ3) is 1.71. The van der Waals surface area contributed by atoms with Gasteiger partial charge in [-0.2, -0.15) is 5.26 Å². The summed E-state index contributed by atoms with van der Waals surface area (Å²) in [5.41, 5.74) is 6.25. The molecule has 160 valence electrons. The molecule has 4 saturated carbocycles. The van der Waals surface area contributed by atoms with E-state index in [1.807, 2.05) is 0 Å². The number of nitriles is 1. The highest BCUT2D eigenvalue weighted by molar-refractivity contribution is 5.88. The van der Waals surface area contributed by atoms with Gasteiger partial charge in [-0.25, -0.2) is 0 Å². The second-order valence-corrected chi connectivity index (χ2v) is 11.4. The fourth-order valence-electron chi connectivity index (χ4n) is 9.47. The molecule has 0 aromatic carbocycles. The topological polar surface area (TPSA) is 113 Å². The minimum atomic E-state index is -0.826. The lowest BCUT2D eigenvalue weighted by molar-refractivity contribution is -0.198. The number of ether oxygens (including phenoxy) is 1. The Kier molecular flexibility index (Phi) is 3.33. The number of nitrogens with two attached hydrogens (primary N) is 1. The smallest absolute Gasteiger partial charge is 0.306 e. The van der Waals surface area contributed by atoms with E-state index >= 15 is 0 Å². The third-order valence-corrected chi connectivity index (χ3v) is 10.8. The lowest BCUT2D eigenvalue weighted by atomic mass is 9.39. The molecule has 5 fully saturated rings. The van der Waals surface area contributed by atoms with E-state index in [0.717, 1.165) is 24.8 Å². The standard InChI is InChI=1S/C24H30N2O4/c1-21-6-4-14(27)19-20(26)12(9-23(19,21)11-25)17-13-3-7-24(8-5-16(29)30-24)22(13,2)10-15(28)18(17)21/h13,15,17-19,28H,3-10,26H2,1-2H3/t13?,15?,17?,18?,19?,21-,22+,23?,24?/m1/s1. The maximum absolute atomic E-state index is 12.9. The third-order valence-electron chi connectivity index (χ3n) is 10.8. The zero-order valence-corrected chi connectivity index (χ0v) is 17.7. The van der Waals surface area contributed by atoms with Gasteiger partial charge in [0.2, 0.25) is 0 Å². The predicted octanol–water partition coefficient (Wildman–Crippen LogP) is 2.60. The highest BCUT2D eigenvalue weighted by Gasteiger charge is 2.76. The number of hydrogen-bond acceptors (Lipinski definition) is 6. The first kappa shape index (κ1) is 18.9. The number of Topliss-reactive ketones (excluding diaryl/α,β-unsaturated/α-hetero) is 1. The van der Waals surface area contributed by atoms with Gasteiger partial charge in [-0.15, -0.1) is 0 Å². The van der Waals surface area contributed by atoms with Crippen LogP contribution in [0.15, 0.2) is 11.3 Å². The highest BCUT2D eigenvalue weighted by atomic mass is 16.6. The van der Waals surface area contributed by atoms with Gasteiger partial charge < -0.3 is 15.6 Å². The Morgan fingerprint density at radius 1 is 1.17 bits per heavy atom. The Balaban J connectivity index is 1.54. The number of aliphatic hydroxyl groups excluding tert-OH is 1. The van der Waals surface area contributed by atoms with E-state index in [1.54, 1.807) is 0 Å². The highest BCUT2D eigenvalue weighted by Crippen LogP contribution is 2.76. The summed E-state index contributed by atoms with van der Waals surface area (Å²) in [6.45, 7) is 4.33. The van der Waals surface area contributed by atoms with Gasteiger partial charge in [0.25, 0.3) is 0 Å². The number of fused-ring (bicyclic) bond motifs is 7. The van der Waals surface area contributed by atoms with Crippen molar-refractivity contribution in [1.82, 2.24) is 0 Å². The Hall–Kier alpha value is -1.87. The Morgan fingerprint density at radius 3 is 2.60 bits per heavy atom. The average molecular weight is 411 g/mol. The number of esters is 1. The first-order valence-corrected chi connectivity index (χ1v) is 11.5. The van der Waals surface area contributed by atoms with Crippen LogP contribution >= 0.6 is 0 Å².